The van der Waals surface area contributed by atoms with E-state index in [0.717, 1.165) is 37.9 Å². The summed E-state index contributed by atoms with van der Waals surface area (Å²) in [6.45, 7) is 3.69. The first kappa shape index (κ1) is 24.1. The molecule has 0 radical (unpaired) electrons. The van der Waals surface area contributed by atoms with E-state index >= 15 is 0 Å². The molecule has 1 aliphatic heterocycles. The predicted molar refractivity (Wildman–Crippen MR) is 127 cm³/mol. The van der Waals surface area contributed by atoms with Crippen LogP contribution >= 0.6 is 0 Å². The van der Waals surface area contributed by atoms with Gasteiger partial charge in [0.05, 0.1) is 7.11 Å². The van der Waals surface area contributed by atoms with E-state index < -0.39 is 10.0 Å². The van der Waals surface area contributed by atoms with Crippen molar-refractivity contribution in [3.8, 4) is 5.75 Å². The van der Waals surface area contributed by atoms with Crippen LogP contribution < -0.4 is 15.0 Å². The molecule has 32 heavy (non-hydrogen) atoms. The van der Waals surface area contributed by atoms with Crippen molar-refractivity contribution in [2.45, 2.75) is 43.5 Å². The normalized spacial score (nSPS) is 17.0. The lowest BCUT2D eigenvalue weighted by Gasteiger charge is -2.32. The highest BCUT2D eigenvalue weighted by molar-refractivity contribution is 7.89. The van der Waals surface area contributed by atoms with Crippen LogP contribution in [0.25, 0.3) is 0 Å². The lowest BCUT2D eigenvalue weighted by atomic mass is 10.1. The molecule has 0 aliphatic carbocycles. The highest BCUT2D eigenvalue weighted by Gasteiger charge is 2.33. The van der Waals surface area contributed by atoms with E-state index in [4.69, 9.17) is 4.74 Å². The molecule has 1 amide bonds. The van der Waals surface area contributed by atoms with Gasteiger partial charge < -0.3 is 15.0 Å². The van der Waals surface area contributed by atoms with E-state index in [1.807, 2.05) is 44.3 Å². The van der Waals surface area contributed by atoms with Crippen LogP contribution in [-0.2, 0) is 10.0 Å². The number of para-hydroxylation sites is 1. The summed E-state index contributed by atoms with van der Waals surface area (Å²) in [4.78, 5) is 14.9. The number of rotatable bonds is 9. The largest absolute Gasteiger partial charge is 0.495 e. The minimum absolute atomic E-state index is 0.0465. The number of amides is 1. The van der Waals surface area contributed by atoms with E-state index in [-0.39, 0.29) is 22.6 Å². The van der Waals surface area contributed by atoms with Gasteiger partial charge in [0, 0.05) is 44.0 Å². The Balaban J connectivity index is 1.66. The van der Waals surface area contributed by atoms with Crippen LogP contribution in [0, 0.1) is 0 Å². The van der Waals surface area contributed by atoms with Gasteiger partial charge in [-0.1, -0.05) is 24.6 Å². The average Bonchev–Trinajstić information content (AvgIpc) is 2.81. The molecule has 8 heteroatoms. The van der Waals surface area contributed by atoms with Crippen LogP contribution in [0.2, 0.25) is 0 Å². The molecule has 1 atom stereocenters. The summed E-state index contributed by atoms with van der Waals surface area (Å²) in [6, 6.07) is 14.6. The predicted octanol–water partition coefficient (Wildman–Crippen LogP) is 3.51. The van der Waals surface area contributed by atoms with E-state index in [1.54, 1.807) is 12.1 Å². The summed E-state index contributed by atoms with van der Waals surface area (Å²) in [5.41, 5.74) is 1.43. The van der Waals surface area contributed by atoms with Crippen molar-refractivity contribution >= 4 is 21.6 Å². The Morgan fingerprint density at radius 2 is 1.94 bits per heavy atom. The molecule has 3 rings (SSSR count). The number of anilines is 1. The third-order valence-corrected chi connectivity index (χ3v) is 7.94. The molecule has 7 nitrogen and oxygen atoms in total. The Kier molecular flexibility index (Phi) is 8.15. The standard InChI is InChI=1S/C24H33N3O4S/c1-19-10-7-8-17-27(19)32(29,30)23-18-20(13-14-22(23)31-3)24(28)25-15-9-16-26(2)21-11-5-4-6-12-21/h4-6,11-14,18-19H,7-10,15-17H2,1-3H3,(H,25,28). The minimum Gasteiger partial charge on any atom is -0.495 e. The number of carbonyl (C=O) groups is 1. The second-order valence-electron chi connectivity index (χ2n) is 8.19. The summed E-state index contributed by atoms with van der Waals surface area (Å²) >= 11 is 0. The fraction of sp³-hybridized carbons (Fsp3) is 0.458. The number of hydrogen-bond donors (Lipinski definition) is 1. The topological polar surface area (TPSA) is 79.0 Å². The molecule has 0 bridgehead atoms. The monoisotopic (exact) mass is 459 g/mol. The molecule has 1 unspecified atom stereocenters. The third-order valence-electron chi connectivity index (χ3n) is 5.91. The first-order chi connectivity index (χ1) is 15.3. The van der Waals surface area contributed by atoms with Gasteiger partial charge in [0.15, 0.2) is 0 Å². The van der Waals surface area contributed by atoms with Gasteiger partial charge in [0.25, 0.3) is 5.91 Å². The summed E-state index contributed by atoms with van der Waals surface area (Å²) in [5.74, 6) is -0.0398. The molecular weight excluding hydrogens is 426 g/mol. The lowest BCUT2D eigenvalue weighted by Crippen LogP contribution is -2.42. The number of sulfonamides is 1. The number of methoxy groups -OCH3 is 1. The fourth-order valence-corrected chi connectivity index (χ4v) is 5.89. The van der Waals surface area contributed by atoms with Crippen LogP contribution in [0.1, 0.15) is 43.0 Å². The van der Waals surface area contributed by atoms with Gasteiger partial charge in [-0.25, -0.2) is 8.42 Å². The van der Waals surface area contributed by atoms with Gasteiger partial charge in [-0.3, -0.25) is 4.79 Å². The summed E-state index contributed by atoms with van der Waals surface area (Å²) < 4.78 is 33.5. The molecule has 0 aromatic heterocycles. The maximum Gasteiger partial charge on any atom is 0.251 e. The van der Waals surface area contributed by atoms with E-state index in [1.165, 1.54) is 17.5 Å². The highest BCUT2D eigenvalue weighted by atomic mass is 32.2. The van der Waals surface area contributed by atoms with Crippen molar-refractivity contribution in [2.75, 3.05) is 38.7 Å². The van der Waals surface area contributed by atoms with Crippen molar-refractivity contribution in [1.29, 1.82) is 0 Å². The third kappa shape index (κ3) is 5.61. The quantitative estimate of drug-likeness (QED) is 0.581. The first-order valence-electron chi connectivity index (χ1n) is 11.1. The van der Waals surface area contributed by atoms with Gasteiger partial charge >= 0.3 is 0 Å². The Hall–Kier alpha value is -2.58. The fourth-order valence-electron chi connectivity index (χ4n) is 4.01. The molecule has 1 aliphatic rings. The molecular formula is C24H33N3O4S. The molecule has 2 aromatic rings. The van der Waals surface area contributed by atoms with Crippen molar-refractivity contribution in [1.82, 2.24) is 9.62 Å². The number of piperidine rings is 1. The maximum atomic E-state index is 13.3. The molecule has 1 N–H and O–H groups in total. The smallest absolute Gasteiger partial charge is 0.251 e. The number of carbonyl (C=O) groups excluding carboxylic acids is 1. The zero-order chi connectivity index (χ0) is 23.1. The van der Waals surface area contributed by atoms with Crippen LogP contribution in [0.3, 0.4) is 0 Å². The van der Waals surface area contributed by atoms with Gasteiger partial charge in [-0.2, -0.15) is 4.31 Å². The number of hydrogen-bond acceptors (Lipinski definition) is 5. The average molecular weight is 460 g/mol. The molecule has 1 heterocycles. The summed E-state index contributed by atoms with van der Waals surface area (Å²) in [5, 5.41) is 2.90. The van der Waals surface area contributed by atoms with Gasteiger partial charge in [0.2, 0.25) is 10.0 Å². The second kappa shape index (κ2) is 10.8. The van der Waals surface area contributed by atoms with Crippen LogP contribution in [0.4, 0.5) is 5.69 Å². The van der Waals surface area contributed by atoms with E-state index in [9.17, 15) is 13.2 Å². The number of nitrogens with one attached hydrogen (secondary N) is 1. The number of ether oxygens (including phenoxy) is 1. The van der Waals surface area contributed by atoms with Gasteiger partial charge in [0.1, 0.15) is 10.6 Å². The minimum atomic E-state index is -3.76. The SMILES string of the molecule is COc1ccc(C(=O)NCCCN(C)c2ccccc2)cc1S(=O)(=O)N1CCCCC1C. The van der Waals surface area contributed by atoms with E-state index in [2.05, 4.69) is 10.2 Å². The lowest BCUT2D eigenvalue weighted by molar-refractivity contribution is 0.0953. The van der Waals surface area contributed by atoms with Crippen LogP contribution in [-0.4, -0.2) is 58.5 Å². The molecule has 1 saturated heterocycles. The van der Waals surface area contributed by atoms with Gasteiger partial charge in [-0.15, -0.1) is 0 Å². The number of nitrogens with zero attached hydrogens (tertiary/aromatic N) is 2. The Morgan fingerprint density at radius 3 is 2.62 bits per heavy atom. The van der Waals surface area contributed by atoms with Crippen molar-refractivity contribution in [3.63, 3.8) is 0 Å². The van der Waals surface area contributed by atoms with E-state index in [0.29, 0.717) is 18.7 Å². The van der Waals surface area contributed by atoms with Crippen molar-refractivity contribution < 1.29 is 17.9 Å². The van der Waals surface area contributed by atoms with Crippen LogP contribution in [0.5, 0.6) is 5.75 Å². The molecule has 0 spiro atoms. The molecule has 2 aromatic carbocycles. The summed E-state index contributed by atoms with van der Waals surface area (Å²) in [6.07, 6.45) is 3.46. The molecule has 174 valence electrons. The zero-order valence-corrected chi connectivity index (χ0v) is 19.9. The molecule has 0 saturated carbocycles. The van der Waals surface area contributed by atoms with Gasteiger partial charge in [-0.05, 0) is 56.5 Å². The van der Waals surface area contributed by atoms with Crippen molar-refractivity contribution in [3.05, 3.63) is 54.1 Å². The Labute approximate surface area is 191 Å². The summed E-state index contributed by atoms with van der Waals surface area (Å²) in [7, 11) is -0.301. The first-order valence-corrected chi connectivity index (χ1v) is 12.5. The Bertz CT molecular complexity index is 1010. The molecule has 1 fully saturated rings. The zero-order valence-electron chi connectivity index (χ0n) is 19.1. The van der Waals surface area contributed by atoms with Crippen LogP contribution in [0.15, 0.2) is 53.4 Å². The van der Waals surface area contributed by atoms with Crippen molar-refractivity contribution in [2.24, 2.45) is 0 Å². The number of benzene rings is 2. The Morgan fingerprint density at radius 1 is 1.19 bits per heavy atom. The maximum absolute atomic E-state index is 13.3. The second-order valence-corrected chi connectivity index (χ2v) is 10.1. The highest BCUT2D eigenvalue weighted by Crippen LogP contribution is 2.31.